The second kappa shape index (κ2) is 6.00. The molecular formula is C13H17NO3S. The third-order valence-electron chi connectivity index (χ3n) is 3.29. The Labute approximate surface area is 111 Å². The van der Waals surface area contributed by atoms with Gasteiger partial charge < -0.3 is 9.64 Å². The van der Waals surface area contributed by atoms with E-state index in [1.807, 2.05) is 22.4 Å². The highest BCUT2D eigenvalue weighted by atomic mass is 32.1. The summed E-state index contributed by atoms with van der Waals surface area (Å²) in [5.74, 6) is -0.0399. The number of hydrogen-bond donors (Lipinski definition) is 0. The second-order valence-corrected chi connectivity index (χ2v) is 5.47. The molecule has 0 N–H and O–H groups in total. The van der Waals surface area contributed by atoms with Gasteiger partial charge in [-0.1, -0.05) is 6.07 Å². The SMILES string of the molecule is COC(=O)C1CCN(C(=O)Cc2cccs2)CC1. The Balaban J connectivity index is 1.82. The molecule has 1 aromatic rings. The average molecular weight is 267 g/mol. The highest BCUT2D eigenvalue weighted by Gasteiger charge is 2.27. The smallest absolute Gasteiger partial charge is 0.308 e. The van der Waals surface area contributed by atoms with Crippen LogP contribution < -0.4 is 0 Å². The number of rotatable bonds is 3. The lowest BCUT2D eigenvalue weighted by atomic mass is 9.97. The normalized spacial score (nSPS) is 16.6. The molecule has 4 nitrogen and oxygen atoms in total. The molecule has 1 amide bonds. The number of amides is 1. The fourth-order valence-electron chi connectivity index (χ4n) is 2.21. The Morgan fingerprint density at radius 2 is 2.17 bits per heavy atom. The summed E-state index contributed by atoms with van der Waals surface area (Å²) in [6, 6.07) is 3.93. The highest BCUT2D eigenvalue weighted by Crippen LogP contribution is 2.20. The van der Waals surface area contributed by atoms with Crippen molar-refractivity contribution in [2.45, 2.75) is 19.3 Å². The molecular weight excluding hydrogens is 250 g/mol. The minimum Gasteiger partial charge on any atom is -0.469 e. The van der Waals surface area contributed by atoms with Gasteiger partial charge in [0.2, 0.25) is 5.91 Å². The Hall–Kier alpha value is -1.36. The summed E-state index contributed by atoms with van der Waals surface area (Å²) in [7, 11) is 1.41. The van der Waals surface area contributed by atoms with Crippen LogP contribution in [0.3, 0.4) is 0 Å². The van der Waals surface area contributed by atoms with Gasteiger partial charge in [-0.15, -0.1) is 11.3 Å². The molecule has 0 aliphatic carbocycles. The van der Waals surface area contributed by atoms with Gasteiger partial charge in [-0.25, -0.2) is 0 Å². The van der Waals surface area contributed by atoms with Gasteiger partial charge in [0.1, 0.15) is 0 Å². The molecule has 2 heterocycles. The molecule has 0 unspecified atom stereocenters. The first kappa shape index (κ1) is 13.1. The van der Waals surface area contributed by atoms with Gasteiger partial charge in [0.25, 0.3) is 0 Å². The summed E-state index contributed by atoms with van der Waals surface area (Å²) in [6.07, 6.45) is 1.90. The molecule has 1 aliphatic rings. The molecule has 98 valence electrons. The maximum absolute atomic E-state index is 12.0. The van der Waals surface area contributed by atoms with E-state index in [0.29, 0.717) is 32.4 Å². The van der Waals surface area contributed by atoms with Gasteiger partial charge in [0.05, 0.1) is 19.4 Å². The number of methoxy groups -OCH3 is 1. The first-order chi connectivity index (χ1) is 8.70. The largest absolute Gasteiger partial charge is 0.469 e. The molecule has 0 saturated carbocycles. The van der Waals surface area contributed by atoms with Crippen LogP contribution in [-0.2, 0) is 20.7 Å². The van der Waals surface area contributed by atoms with Gasteiger partial charge in [0.15, 0.2) is 0 Å². The van der Waals surface area contributed by atoms with E-state index in [4.69, 9.17) is 4.74 Å². The number of likely N-dealkylation sites (tertiary alicyclic amines) is 1. The molecule has 0 aromatic carbocycles. The molecule has 0 spiro atoms. The zero-order valence-corrected chi connectivity index (χ0v) is 11.2. The van der Waals surface area contributed by atoms with Crippen molar-refractivity contribution in [1.82, 2.24) is 4.90 Å². The minimum atomic E-state index is -0.152. The highest BCUT2D eigenvalue weighted by molar-refractivity contribution is 7.10. The lowest BCUT2D eigenvalue weighted by Crippen LogP contribution is -2.41. The molecule has 5 heteroatoms. The van der Waals surface area contributed by atoms with Gasteiger partial charge in [0, 0.05) is 18.0 Å². The molecule has 18 heavy (non-hydrogen) atoms. The van der Waals surface area contributed by atoms with E-state index in [1.165, 1.54) is 7.11 Å². The van der Waals surface area contributed by atoms with Crippen LogP contribution in [0.1, 0.15) is 17.7 Å². The number of esters is 1. The molecule has 1 fully saturated rings. The summed E-state index contributed by atoms with van der Waals surface area (Å²) in [5, 5.41) is 1.98. The van der Waals surface area contributed by atoms with Crippen LogP contribution in [-0.4, -0.2) is 37.0 Å². The Bertz CT molecular complexity index is 408. The number of carbonyl (C=O) groups is 2. The van der Waals surface area contributed by atoms with Crippen LogP contribution in [0.4, 0.5) is 0 Å². The summed E-state index contributed by atoms with van der Waals surface area (Å²) < 4.78 is 4.73. The number of hydrogen-bond acceptors (Lipinski definition) is 4. The zero-order chi connectivity index (χ0) is 13.0. The van der Waals surface area contributed by atoms with Crippen LogP contribution >= 0.6 is 11.3 Å². The van der Waals surface area contributed by atoms with E-state index in [0.717, 1.165) is 4.88 Å². The molecule has 0 radical (unpaired) electrons. The van der Waals surface area contributed by atoms with Crippen molar-refractivity contribution in [3.8, 4) is 0 Å². The Morgan fingerprint density at radius 1 is 1.44 bits per heavy atom. The quantitative estimate of drug-likeness (QED) is 0.783. The molecule has 0 atom stereocenters. The lowest BCUT2D eigenvalue weighted by Gasteiger charge is -2.30. The van der Waals surface area contributed by atoms with Crippen LogP contribution in [0.2, 0.25) is 0 Å². The number of carbonyl (C=O) groups excluding carboxylic acids is 2. The van der Waals surface area contributed by atoms with Gasteiger partial charge in [-0.2, -0.15) is 0 Å². The van der Waals surface area contributed by atoms with E-state index in [9.17, 15) is 9.59 Å². The predicted molar refractivity (Wildman–Crippen MR) is 69.3 cm³/mol. The predicted octanol–water partition coefficient (Wildman–Crippen LogP) is 1.70. The zero-order valence-electron chi connectivity index (χ0n) is 10.4. The monoisotopic (exact) mass is 267 g/mol. The van der Waals surface area contributed by atoms with Crippen LogP contribution in [0, 0.1) is 5.92 Å². The van der Waals surface area contributed by atoms with Gasteiger partial charge >= 0.3 is 5.97 Å². The lowest BCUT2D eigenvalue weighted by molar-refractivity contribution is -0.148. The maximum Gasteiger partial charge on any atom is 0.308 e. The summed E-state index contributed by atoms with van der Waals surface area (Å²) >= 11 is 1.60. The fraction of sp³-hybridized carbons (Fsp3) is 0.538. The summed E-state index contributed by atoms with van der Waals surface area (Å²) in [6.45, 7) is 1.31. The van der Waals surface area contributed by atoms with Crippen molar-refractivity contribution in [1.29, 1.82) is 0 Å². The number of nitrogens with zero attached hydrogens (tertiary/aromatic N) is 1. The maximum atomic E-state index is 12.0. The van der Waals surface area contributed by atoms with Crippen molar-refractivity contribution < 1.29 is 14.3 Å². The van der Waals surface area contributed by atoms with Crippen molar-refractivity contribution in [2.75, 3.05) is 20.2 Å². The number of piperidine rings is 1. The second-order valence-electron chi connectivity index (χ2n) is 4.43. The van der Waals surface area contributed by atoms with E-state index in [2.05, 4.69) is 0 Å². The summed E-state index contributed by atoms with van der Waals surface area (Å²) in [5.41, 5.74) is 0. The van der Waals surface area contributed by atoms with E-state index < -0.39 is 0 Å². The number of ether oxygens (including phenoxy) is 1. The van der Waals surface area contributed by atoms with Crippen molar-refractivity contribution in [3.63, 3.8) is 0 Å². The van der Waals surface area contributed by atoms with Gasteiger partial charge in [-0.3, -0.25) is 9.59 Å². The van der Waals surface area contributed by atoms with Crippen LogP contribution in [0.25, 0.3) is 0 Å². The Morgan fingerprint density at radius 3 is 2.72 bits per heavy atom. The molecule has 0 bridgehead atoms. The standard InChI is InChI=1S/C13H17NO3S/c1-17-13(16)10-4-6-14(7-5-10)12(15)9-11-3-2-8-18-11/h2-3,8,10H,4-7,9H2,1H3. The topological polar surface area (TPSA) is 46.6 Å². The van der Waals surface area contributed by atoms with E-state index >= 15 is 0 Å². The van der Waals surface area contributed by atoms with E-state index in [1.54, 1.807) is 11.3 Å². The molecule has 1 saturated heterocycles. The third-order valence-corrected chi connectivity index (χ3v) is 4.16. The van der Waals surface area contributed by atoms with Crippen molar-refractivity contribution in [2.24, 2.45) is 5.92 Å². The molecule has 1 aliphatic heterocycles. The third kappa shape index (κ3) is 3.10. The number of thiophene rings is 1. The first-order valence-electron chi connectivity index (χ1n) is 6.08. The average Bonchev–Trinajstić information content (AvgIpc) is 2.91. The van der Waals surface area contributed by atoms with Crippen LogP contribution in [0.5, 0.6) is 0 Å². The minimum absolute atomic E-state index is 0.0409. The van der Waals surface area contributed by atoms with E-state index in [-0.39, 0.29) is 17.8 Å². The van der Waals surface area contributed by atoms with Crippen LogP contribution in [0.15, 0.2) is 17.5 Å². The van der Waals surface area contributed by atoms with Gasteiger partial charge in [-0.05, 0) is 24.3 Å². The van der Waals surface area contributed by atoms with Crippen molar-refractivity contribution >= 4 is 23.2 Å². The van der Waals surface area contributed by atoms with Crippen molar-refractivity contribution in [3.05, 3.63) is 22.4 Å². The molecule has 1 aromatic heterocycles. The molecule has 2 rings (SSSR count). The Kier molecular flexibility index (Phi) is 4.36. The summed E-state index contributed by atoms with van der Waals surface area (Å²) in [4.78, 5) is 26.3. The fourth-order valence-corrected chi connectivity index (χ4v) is 2.90. The first-order valence-corrected chi connectivity index (χ1v) is 6.96.